The summed E-state index contributed by atoms with van der Waals surface area (Å²) in [5.74, 6) is 0. The molecule has 0 aromatic heterocycles. The fourth-order valence-corrected chi connectivity index (χ4v) is 2.74. The normalized spacial score (nSPS) is 13.5. The van der Waals surface area contributed by atoms with Crippen LogP contribution in [0.4, 0.5) is 0 Å². The minimum atomic E-state index is -3.67. The second-order valence-corrected chi connectivity index (χ2v) is 9.09. The van der Waals surface area contributed by atoms with E-state index in [9.17, 15) is 16.8 Å². The summed E-state index contributed by atoms with van der Waals surface area (Å²) in [6.45, 7) is 2.80. The molecule has 0 aliphatic heterocycles. The Hall–Kier alpha value is -0.920. The Labute approximate surface area is 108 Å². The van der Waals surface area contributed by atoms with E-state index in [1.807, 2.05) is 0 Å². The first-order chi connectivity index (χ1) is 8.06. The summed E-state index contributed by atoms with van der Waals surface area (Å²) in [6, 6.07) is 7.83. The Kier molecular flexibility index (Phi) is 4.19. The molecule has 102 valence electrons. The molecule has 1 rings (SSSR count). The smallest absolute Gasteiger partial charge is 0.229 e. The lowest BCUT2D eigenvalue weighted by Gasteiger charge is -2.22. The van der Waals surface area contributed by atoms with Gasteiger partial charge in [0.15, 0.2) is 9.84 Å². The molecule has 0 saturated carbocycles. The molecule has 0 spiro atoms. The van der Waals surface area contributed by atoms with Crippen LogP contribution >= 0.6 is 0 Å². The van der Waals surface area contributed by atoms with Crippen LogP contribution in [-0.2, 0) is 19.9 Å². The monoisotopic (exact) mass is 291 g/mol. The maximum absolute atomic E-state index is 11.9. The van der Waals surface area contributed by atoms with E-state index in [1.54, 1.807) is 18.2 Å². The van der Waals surface area contributed by atoms with Crippen molar-refractivity contribution in [2.45, 2.75) is 23.5 Å². The van der Waals surface area contributed by atoms with Crippen LogP contribution in [0.5, 0.6) is 0 Å². The van der Waals surface area contributed by atoms with Gasteiger partial charge in [-0.05, 0) is 26.0 Å². The molecule has 0 atom stereocenters. The molecule has 18 heavy (non-hydrogen) atoms. The van der Waals surface area contributed by atoms with Gasteiger partial charge in [-0.1, -0.05) is 18.2 Å². The summed E-state index contributed by atoms with van der Waals surface area (Å²) in [6.07, 6.45) is 1.09. The molecular weight excluding hydrogens is 274 g/mol. The van der Waals surface area contributed by atoms with Gasteiger partial charge >= 0.3 is 0 Å². The molecule has 1 aromatic carbocycles. The van der Waals surface area contributed by atoms with Gasteiger partial charge in [-0.25, -0.2) is 21.6 Å². The highest BCUT2D eigenvalue weighted by atomic mass is 32.2. The van der Waals surface area contributed by atoms with E-state index in [0.717, 1.165) is 6.26 Å². The largest absolute Gasteiger partial charge is 0.240 e. The lowest BCUT2D eigenvalue weighted by molar-refractivity contribution is 0.537. The molecule has 0 fully saturated rings. The van der Waals surface area contributed by atoms with Gasteiger partial charge in [0.25, 0.3) is 0 Å². The molecule has 0 saturated heterocycles. The molecule has 0 amide bonds. The number of benzene rings is 1. The van der Waals surface area contributed by atoms with Gasteiger partial charge in [0.05, 0.1) is 9.64 Å². The molecule has 1 aromatic rings. The van der Waals surface area contributed by atoms with Crippen molar-refractivity contribution in [3.8, 4) is 0 Å². The SMILES string of the molecule is CC(C)(CNS(=O)(=O)c1ccccc1)S(C)(=O)=O. The van der Waals surface area contributed by atoms with Crippen LogP contribution in [0.25, 0.3) is 0 Å². The van der Waals surface area contributed by atoms with Crippen molar-refractivity contribution in [2.24, 2.45) is 0 Å². The zero-order chi connectivity index (χ0) is 14.0. The average molecular weight is 291 g/mol. The van der Waals surface area contributed by atoms with Crippen molar-refractivity contribution < 1.29 is 16.8 Å². The van der Waals surface area contributed by atoms with E-state index in [-0.39, 0.29) is 11.4 Å². The number of rotatable bonds is 5. The number of sulfonamides is 1. The lowest BCUT2D eigenvalue weighted by Crippen LogP contribution is -2.43. The van der Waals surface area contributed by atoms with Crippen LogP contribution in [0.3, 0.4) is 0 Å². The fourth-order valence-electron chi connectivity index (χ4n) is 1.08. The first kappa shape index (κ1) is 15.1. The summed E-state index contributed by atoms with van der Waals surface area (Å²) < 4.78 is 47.9. The molecule has 5 nitrogen and oxygen atoms in total. The Morgan fingerprint density at radius 2 is 1.56 bits per heavy atom. The number of hydrogen-bond acceptors (Lipinski definition) is 4. The first-order valence-corrected chi connectivity index (χ1v) is 8.68. The zero-order valence-corrected chi connectivity index (χ0v) is 12.2. The number of nitrogens with one attached hydrogen (secondary N) is 1. The minimum absolute atomic E-state index is 0.120. The van der Waals surface area contributed by atoms with Gasteiger partial charge < -0.3 is 0 Å². The van der Waals surface area contributed by atoms with Crippen LogP contribution in [0.1, 0.15) is 13.8 Å². The molecule has 0 bridgehead atoms. The molecule has 0 unspecified atom stereocenters. The third-order valence-corrected chi connectivity index (χ3v) is 6.31. The topological polar surface area (TPSA) is 80.3 Å². The van der Waals surface area contributed by atoms with Gasteiger partial charge in [0.2, 0.25) is 10.0 Å². The van der Waals surface area contributed by atoms with Crippen molar-refractivity contribution in [3.63, 3.8) is 0 Å². The molecule has 0 aliphatic rings. The van der Waals surface area contributed by atoms with Crippen LogP contribution in [0, 0.1) is 0 Å². The minimum Gasteiger partial charge on any atom is -0.229 e. The Morgan fingerprint density at radius 3 is 2.00 bits per heavy atom. The lowest BCUT2D eigenvalue weighted by atomic mass is 10.2. The highest BCUT2D eigenvalue weighted by Crippen LogP contribution is 2.15. The van der Waals surface area contributed by atoms with Gasteiger partial charge in [0.1, 0.15) is 0 Å². The highest BCUT2D eigenvalue weighted by Gasteiger charge is 2.31. The Balaban J connectivity index is 2.88. The van der Waals surface area contributed by atoms with Crippen molar-refractivity contribution in [2.75, 3.05) is 12.8 Å². The second-order valence-electron chi connectivity index (χ2n) is 4.67. The van der Waals surface area contributed by atoms with E-state index >= 15 is 0 Å². The highest BCUT2D eigenvalue weighted by molar-refractivity contribution is 7.92. The predicted molar refractivity (Wildman–Crippen MR) is 70.6 cm³/mol. The van der Waals surface area contributed by atoms with Crippen molar-refractivity contribution >= 4 is 19.9 Å². The number of hydrogen-bond donors (Lipinski definition) is 1. The summed E-state index contributed by atoms with van der Waals surface area (Å²) >= 11 is 0. The molecule has 0 aliphatic carbocycles. The average Bonchev–Trinajstić information content (AvgIpc) is 2.26. The number of sulfone groups is 1. The van der Waals surface area contributed by atoms with Gasteiger partial charge in [-0.2, -0.15) is 0 Å². The standard InChI is InChI=1S/C11H17NO4S2/c1-11(2,17(3,13)14)9-12-18(15,16)10-7-5-4-6-8-10/h4-8,12H,9H2,1-3H3. The predicted octanol–water partition coefficient (Wildman–Crippen LogP) is 0.788. The summed E-state index contributed by atoms with van der Waals surface area (Å²) in [5.41, 5.74) is 0. The molecule has 0 radical (unpaired) electrons. The third kappa shape index (κ3) is 3.54. The van der Waals surface area contributed by atoms with E-state index in [2.05, 4.69) is 4.72 Å². The van der Waals surface area contributed by atoms with Gasteiger partial charge in [-0.15, -0.1) is 0 Å². The van der Waals surface area contributed by atoms with E-state index in [4.69, 9.17) is 0 Å². The van der Waals surface area contributed by atoms with E-state index in [1.165, 1.54) is 26.0 Å². The van der Waals surface area contributed by atoms with E-state index in [0.29, 0.717) is 0 Å². The van der Waals surface area contributed by atoms with Crippen LogP contribution < -0.4 is 4.72 Å². The first-order valence-electron chi connectivity index (χ1n) is 5.31. The van der Waals surface area contributed by atoms with Crippen molar-refractivity contribution in [1.82, 2.24) is 4.72 Å². The quantitative estimate of drug-likeness (QED) is 0.869. The van der Waals surface area contributed by atoms with Crippen LogP contribution in [0.2, 0.25) is 0 Å². The third-order valence-electron chi connectivity index (χ3n) is 2.75. The molecule has 7 heteroatoms. The maximum Gasteiger partial charge on any atom is 0.240 e. The summed E-state index contributed by atoms with van der Waals surface area (Å²) in [4.78, 5) is 0.120. The summed E-state index contributed by atoms with van der Waals surface area (Å²) in [5, 5.41) is 0. The van der Waals surface area contributed by atoms with Gasteiger partial charge in [0, 0.05) is 12.8 Å². The zero-order valence-electron chi connectivity index (χ0n) is 10.5. The fraction of sp³-hybridized carbons (Fsp3) is 0.455. The molecular formula is C11H17NO4S2. The Morgan fingerprint density at radius 1 is 1.06 bits per heavy atom. The molecule has 0 heterocycles. The second kappa shape index (κ2) is 4.99. The molecule has 1 N–H and O–H groups in total. The maximum atomic E-state index is 11.9. The van der Waals surface area contributed by atoms with Gasteiger partial charge in [-0.3, -0.25) is 0 Å². The Bertz CT molecular complexity index is 604. The van der Waals surface area contributed by atoms with Crippen molar-refractivity contribution in [3.05, 3.63) is 30.3 Å². The summed E-state index contributed by atoms with van der Waals surface area (Å²) in [7, 11) is -7.00. The van der Waals surface area contributed by atoms with Crippen LogP contribution in [0.15, 0.2) is 35.2 Å². The van der Waals surface area contributed by atoms with Crippen molar-refractivity contribution in [1.29, 1.82) is 0 Å². The van der Waals surface area contributed by atoms with Crippen LogP contribution in [-0.4, -0.2) is 34.4 Å². The van der Waals surface area contributed by atoms with E-state index < -0.39 is 24.6 Å².